The van der Waals surface area contributed by atoms with Gasteiger partial charge in [0.05, 0.1) is 13.0 Å². The molecule has 1 atom stereocenters. The number of rotatable bonds is 8. The highest BCUT2D eigenvalue weighted by atomic mass is 16.5. The van der Waals surface area contributed by atoms with Crippen LogP contribution in [-0.4, -0.2) is 40.6 Å². The van der Waals surface area contributed by atoms with E-state index in [1.807, 2.05) is 0 Å². The second-order valence-corrected chi connectivity index (χ2v) is 2.72. The van der Waals surface area contributed by atoms with Crippen molar-refractivity contribution in [2.24, 2.45) is 0 Å². The second-order valence-electron chi connectivity index (χ2n) is 2.72. The molecule has 0 radical (unpaired) electrons. The maximum absolute atomic E-state index is 10.7. The highest BCUT2D eigenvalue weighted by molar-refractivity contribution is 5.89. The molecular formula is C9H12O6. The Hall–Kier alpha value is -1.69. The van der Waals surface area contributed by atoms with Gasteiger partial charge in [0.15, 0.2) is 11.9 Å². The number of carboxylic acid groups (broad SMARTS) is 2. The van der Waals surface area contributed by atoms with Crippen LogP contribution in [0, 0.1) is 0 Å². The summed E-state index contributed by atoms with van der Waals surface area (Å²) in [6.07, 6.45) is -0.957. The molecule has 0 aliphatic rings. The lowest BCUT2D eigenvalue weighted by Crippen LogP contribution is -2.27. The summed E-state index contributed by atoms with van der Waals surface area (Å²) in [5.41, 5.74) is 0. The van der Waals surface area contributed by atoms with Crippen molar-refractivity contribution in [1.82, 2.24) is 0 Å². The number of carbonyl (C=O) groups is 3. The second kappa shape index (κ2) is 6.72. The van der Waals surface area contributed by atoms with Crippen LogP contribution in [0.2, 0.25) is 0 Å². The van der Waals surface area contributed by atoms with Gasteiger partial charge in [-0.25, -0.2) is 4.79 Å². The lowest BCUT2D eigenvalue weighted by atomic mass is 10.2. The predicted molar refractivity (Wildman–Crippen MR) is 49.4 cm³/mol. The van der Waals surface area contributed by atoms with Crippen molar-refractivity contribution in [2.75, 3.05) is 6.61 Å². The summed E-state index contributed by atoms with van der Waals surface area (Å²) in [4.78, 5) is 31.5. The van der Waals surface area contributed by atoms with Gasteiger partial charge in [0.25, 0.3) is 0 Å². The molecule has 15 heavy (non-hydrogen) atoms. The van der Waals surface area contributed by atoms with E-state index in [-0.39, 0.29) is 18.8 Å². The average molecular weight is 216 g/mol. The van der Waals surface area contributed by atoms with E-state index in [0.29, 0.717) is 0 Å². The monoisotopic (exact) mass is 216 g/mol. The molecule has 0 bridgehead atoms. The minimum absolute atomic E-state index is 0.00704. The van der Waals surface area contributed by atoms with Crippen molar-refractivity contribution in [3.8, 4) is 0 Å². The Morgan fingerprint density at radius 3 is 2.33 bits per heavy atom. The van der Waals surface area contributed by atoms with Crippen LogP contribution < -0.4 is 0 Å². The first-order valence-electron chi connectivity index (χ1n) is 4.18. The van der Waals surface area contributed by atoms with E-state index < -0.39 is 24.5 Å². The number of carboxylic acids is 2. The predicted octanol–water partition coefficient (Wildman–Crippen LogP) is 0.0761. The zero-order valence-electron chi connectivity index (χ0n) is 8.01. The van der Waals surface area contributed by atoms with Crippen LogP contribution in [0.5, 0.6) is 0 Å². The van der Waals surface area contributed by atoms with Gasteiger partial charge in [-0.2, -0.15) is 0 Å². The van der Waals surface area contributed by atoms with Gasteiger partial charge in [-0.15, -0.1) is 0 Å². The fourth-order valence-electron chi connectivity index (χ4n) is 0.780. The summed E-state index contributed by atoms with van der Waals surface area (Å²) in [6, 6.07) is 0. The van der Waals surface area contributed by atoms with E-state index in [4.69, 9.17) is 14.9 Å². The molecule has 2 N–H and O–H groups in total. The molecule has 0 saturated heterocycles. The van der Waals surface area contributed by atoms with Crippen LogP contribution in [0.3, 0.4) is 0 Å². The number of allylic oxidation sites excluding steroid dienone is 1. The van der Waals surface area contributed by atoms with E-state index in [2.05, 4.69) is 6.58 Å². The number of carbonyl (C=O) groups excluding carboxylic acids is 1. The van der Waals surface area contributed by atoms with Gasteiger partial charge in [0.2, 0.25) is 0 Å². The van der Waals surface area contributed by atoms with Crippen LogP contribution in [0.4, 0.5) is 0 Å². The SMILES string of the molecule is C=CC(=O)CCOC(CC(=O)O)C(=O)O. The van der Waals surface area contributed by atoms with Crippen molar-refractivity contribution in [3.63, 3.8) is 0 Å². The molecule has 0 aliphatic heterocycles. The quantitative estimate of drug-likeness (QED) is 0.557. The van der Waals surface area contributed by atoms with Gasteiger partial charge in [-0.3, -0.25) is 9.59 Å². The van der Waals surface area contributed by atoms with Crippen LogP contribution in [0.1, 0.15) is 12.8 Å². The van der Waals surface area contributed by atoms with Crippen LogP contribution in [0.15, 0.2) is 12.7 Å². The number of ketones is 1. The first kappa shape index (κ1) is 13.3. The Morgan fingerprint density at radius 2 is 1.93 bits per heavy atom. The Balaban J connectivity index is 3.96. The van der Waals surface area contributed by atoms with E-state index in [1.165, 1.54) is 0 Å². The standard InChI is InChI=1S/C9H12O6/c1-2-6(10)3-4-15-7(9(13)14)5-8(11)12/h2,7H,1,3-5H2,(H,11,12)(H,13,14). The number of hydrogen-bond acceptors (Lipinski definition) is 4. The lowest BCUT2D eigenvalue weighted by molar-refractivity contribution is -0.157. The maximum Gasteiger partial charge on any atom is 0.333 e. The van der Waals surface area contributed by atoms with Crippen molar-refractivity contribution in [3.05, 3.63) is 12.7 Å². The Morgan fingerprint density at radius 1 is 1.33 bits per heavy atom. The number of aliphatic carboxylic acids is 2. The van der Waals surface area contributed by atoms with Crippen LogP contribution in [0.25, 0.3) is 0 Å². The molecule has 0 heterocycles. The molecule has 0 fully saturated rings. The summed E-state index contributed by atoms with van der Waals surface area (Å²) in [5, 5.41) is 16.9. The lowest BCUT2D eigenvalue weighted by Gasteiger charge is -2.10. The Labute approximate surface area is 86.2 Å². The van der Waals surface area contributed by atoms with Crippen molar-refractivity contribution < 1.29 is 29.3 Å². The normalized spacial score (nSPS) is 11.7. The molecule has 6 heteroatoms. The fraction of sp³-hybridized carbons (Fsp3) is 0.444. The molecule has 0 aliphatic carbocycles. The first-order chi connectivity index (χ1) is 6.97. The average Bonchev–Trinajstić information content (AvgIpc) is 2.15. The number of hydrogen-bond donors (Lipinski definition) is 2. The smallest absolute Gasteiger partial charge is 0.333 e. The minimum atomic E-state index is -1.42. The molecule has 0 rings (SSSR count). The molecule has 84 valence electrons. The highest BCUT2D eigenvalue weighted by Crippen LogP contribution is 2.00. The van der Waals surface area contributed by atoms with E-state index >= 15 is 0 Å². The summed E-state index contributed by atoms with van der Waals surface area (Å²) >= 11 is 0. The summed E-state index contributed by atoms with van der Waals surface area (Å²) in [7, 11) is 0. The molecule has 0 aromatic heterocycles. The minimum Gasteiger partial charge on any atom is -0.481 e. The largest absolute Gasteiger partial charge is 0.481 e. The molecule has 0 aromatic carbocycles. The third kappa shape index (κ3) is 6.39. The summed E-state index contributed by atoms with van der Waals surface area (Å²) in [5.74, 6) is -2.91. The maximum atomic E-state index is 10.7. The van der Waals surface area contributed by atoms with E-state index in [9.17, 15) is 14.4 Å². The van der Waals surface area contributed by atoms with Crippen molar-refractivity contribution in [1.29, 1.82) is 0 Å². The summed E-state index contributed by atoms with van der Waals surface area (Å²) in [6.45, 7) is 3.10. The molecule has 1 unspecified atom stereocenters. The van der Waals surface area contributed by atoms with Crippen LogP contribution >= 0.6 is 0 Å². The van der Waals surface area contributed by atoms with Gasteiger partial charge < -0.3 is 14.9 Å². The van der Waals surface area contributed by atoms with Gasteiger partial charge in [-0.05, 0) is 6.08 Å². The van der Waals surface area contributed by atoms with Crippen molar-refractivity contribution >= 4 is 17.7 Å². The fourth-order valence-corrected chi connectivity index (χ4v) is 0.780. The van der Waals surface area contributed by atoms with Gasteiger partial charge in [0.1, 0.15) is 0 Å². The molecular weight excluding hydrogens is 204 g/mol. The molecule has 0 amide bonds. The number of ether oxygens (including phenoxy) is 1. The first-order valence-corrected chi connectivity index (χ1v) is 4.18. The Bertz CT molecular complexity index is 270. The van der Waals surface area contributed by atoms with Gasteiger partial charge in [-0.1, -0.05) is 6.58 Å². The highest BCUT2D eigenvalue weighted by Gasteiger charge is 2.21. The third-order valence-electron chi connectivity index (χ3n) is 1.53. The molecule has 0 aromatic rings. The molecule has 6 nitrogen and oxygen atoms in total. The van der Waals surface area contributed by atoms with Crippen LogP contribution in [-0.2, 0) is 19.1 Å². The van der Waals surface area contributed by atoms with Gasteiger partial charge in [0, 0.05) is 6.42 Å². The Kier molecular flexibility index (Phi) is 5.96. The zero-order chi connectivity index (χ0) is 11.8. The van der Waals surface area contributed by atoms with E-state index in [1.54, 1.807) is 0 Å². The molecule has 0 saturated carbocycles. The van der Waals surface area contributed by atoms with E-state index in [0.717, 1.165) is 6.08 Å². The zero-order valence-corrected chi connectivity index (χ0v) is 8.01. The van der Waals surface area contributed by atoms with Gasteiger partial charge >= 0.3 is 11.9 Å². The van der Waals surface area contributed by atoms with Crippen molar-refractivity contribution in [2.45, 2.75) is 18.9 Å². The summed E-state index contributed by atoms with van der Waals surface area (Å²) < 4.78 is 4.74. The topological polar surface area (TPSA) is 101 Å². The molecule has 0 spiro atoms. The third-order valence-corrected chi connectivity index (χ3v) is 1.53.